The van der Waals surface area contributed by atoms with E-state index in [-0.39, 0.29) is 5.91 Å². The normalized spacial score (nSPS) is 10.3. The van der Waals surface area contributed by atoms with Crippen molar-refractivity contribution in [2.45, 2.75) is 13.5 Å². The molecule has 0 radical (unpaired) electrons. The summed E-state index contributed by atoms with van der Waals surface area (Å²) in [5.74, 6) is 0.710. The number of aryl methyl sites for hydroxylation is 1. The van der Waals surface area contributed by atoms with Crippen molar-refractivity contribution in [3.05, 3.63) is 65.2 Å². The fraction of sp³-hybridized carbons (Fsp3) is 0.278. The highest BCUT2D eigenvalue weighted by Gasteiger charge is 2.05. The van der Waals surface area contributed by atoms with Crippen molar-refractivity contribution in [2.24, 2.45) is 0 Å². The van der Waals surface area contributed by atoms with Gasteiger partial charge in [0.1, 0.15) is 12.4 Å². The van der Waals surface area contributed by atoms with Crippen molar-refractivity contribution in [3.8, 4) is 5.75 Å². The first kappa shape index (κ1) is 16.0. The van der Waals surface area contributed by atoms with Crippen LogP contribution in [0.2, 0.25) is 0 Å². The third-order valence-electron chi connectivity index (χ3n) is 3.15. The molecule has 0 saturated heterocycles. The molecule has 22 heavy (non-hydrogen) atoms. The molecule has 0 aliphatic rings. The van der Waals surface area contributed by atoms with Gasteiger partial charge >= 0.3 is 0 Å². The Kier molecular flexibility index (Phi) is 5.98. The Morgan fingerprint density at radius 2 is 1.95 bits per heavy atom. The molecule has 0 fully saturated rings. The first-order valence-corrected chi connectivity index (χ1v) is 7.24. The highest BCUT2D eigenvalue weighted by molar-refractivity contribution is 5.94. The molecule has 2 aromatic rings. The molecule has 0 bridgehead atoms. The lowest BCUT2D eigenvalue weighted by molar-refractivity contribution is 0.0946. The van der Waals surface area contributed by atoms with Crippen LogP contribution in [-0.2, 0) is 11.3 Å². The third kappa shape index (κ3) is 4.90. The van der Waals surface area contributed by atoms with Crippen molar-refractivity contribution in [1.29, 1.82) is 0 Å². The number of hydrogen-bond donors (Lipinski definition) is 1. The predicted molar refractivity (Wildman–Crippen MR) is 86.2 cm³/mol. The van der Waals surface area contributed by atoms with Gasteiger partial charge in [-0.05, 0) is 42.3 Å². The quantitative estimate of drug-likeness (QED) is 0.800. The van der Waals surface area contributed by atoms with Gasteiger partial charge in [0.25, 0.3) is 5.91 Å². The zero-order valence-electron chi connectivity index (χ0n) is 13.0. The molecule has 0 aliphatic heterocycles. The monoisotopic (exact) mass is 299 g/mol. The van der Waals surface area contributed by atoms with Crippen molar-refractivity contribution in [1.82, 2.24) is 5.32 Å². The summed E-state index contributed by atoms with van der Waals surface area (Å²) in [6, 6.07) is 15.2. The molecule has 4 heteroatoms. The number of rotatable bonds is 7. The van der Waals surface area contributed by atoms with Gasteiger partial charge in [0.15, 0.2) is 0 Å². The summed E-state index contributed by atoms with van der Waals surface area (Å²) in [6.45, 7) is 3.41. The summed E-state index contributed by atoms with van der Waals surface area (Å²) in [5, 5.41) is 2.85. The van der Waals surface area contributed by atoms with Crippen LogP contribution in [0.15, 0.2) is 48.5 Å². The van der Waals surface area contributed by atoms with Crippen LogP contribution in [0.4, 0.5) is 0 Å². The van der Waals surface area contributed by atoms with E-state index in [0.29, 0.717) is 25.3 Å². The number of nitrogens with one attached hydrogen (secondary N) is 1. The van der Waals surface area contributed by atoms with E-state index in [1.54, 1.807) is 13.2 Å². The molecule has 0 saturated carbocycles. The predicted octanol–water partition coefficient (Wildman–Crippen LogP) is 2.95. The minimum absolute atomic E-state index is 0.106. The van der Waals surface area contributed by atoms with Crippen LogP contribution in [0, 0.1) is 6.92 Å². The van der Waals surface area contributed by atoms with Crippen LogP contribution in [0.25, 0.3) is 0 Å². The molecule has 0 atom stereocenters. The van der Waals surface area contributed by atoms with Crippen molar-refractivity contribution in [2.75, 3.05) is 20.3 Å². The number of benzene rings is 2. The maximum Gasteiger partial charge on any atom is 0.251 e. The highest BCUT2D eigenvalue weighted by atomic mass is 16.5. The molecule has 1 N–H and O–H groups in total. The summed E-state index contributed by atoms with van der Waals surface area (Å²) >= 11 is 0. The van der Waals surface area contributed by atoms with E-state index in [0.717, 1.165) is 16.9 Å². The maximum absolute atomic E-state index is 12.1. The number of amides is 1. The molecular weight excluding hydrogens is 278 g/mol. The summed E-state index contributed by atoms with van der Waals surface area (Å²) in [6.07, 6.45) is 0. The zero-order valence-corrected chi connectivity index (χ0v) is 13.0. The smallest absolute Gasteiger partial charge is 0.251 e. The Morgan fingerprint density at radius 1 is 1.14 bits per heavy atom. The second-order valence-corrected chi connectivity index (χ2v) is 5.05. The number of hydrogen-bond acceptors (Lipinski definition) is 3. The van der Waals surface area contributed by atoms with E-state index >= 15 is 0 Å². The van der Waals surface area contributed by atoms with Crippen LogP contribution in [0.5, 0.6) is 5.75 Å². The van der Waals surface area contributed by atoms with Crippen LogP contribution in [0.3, 0.4) is 0 Å². The lowest BCUT2D eigenvalue weighted by Gasteiger charge is -2.09. The summed E-state index contributed by atoms with van der Waals surface area (Å²) in [5.41, 5.74) is 2.76. The van der Waals surface area contributed by atoms with Gasteiger partial charge in [-0.3, -0.25) is 4.79 Å². The molecular formula is C18H21NO3. The number of carbonyl (C=O) groups is 1. The lowest BCUT2D eigenvalue weighted by atomic mass is 10.1. The third-order valence-corrected chi connectivity index (χ3v) is 3.15. The molecule has 116 valence electrons. The average Bonchev–Trinajstić information content (AvgIpc) is 2.52. The van der Waals surface area contributed by atoms with E-state index in [9.17, 15) is 4.79 Å². The van der Waals surface area contributed by atoms with E-state index in [2.05, 4.69) is 5.32 Å². The van der Waals surface area contributed by atoms with Crippen molar-refractivity contribution >= 4 is 5.91 Å². The molecule has 4 nitrogen and oxygen atoms in total. The number of ether oxygens (including phenoxy) is 2. The minimum Gasteiger partial charge on any atom is -0.492 e. The Balaban J connectivity index is 1.79. The molecule has 0 spiro atoms. The van der Waals surface area contributed by atoms with Gasteiger partial charge in [0.2, 0.25) is 0 Å². The standard InChI is InChI=1S/C18H21NO3/c1-14-5-3-8-17(11-14)22-10-9-19-18(20)16-7-4-6-15(12-16)13-21-2/h3-8,11-12H,9-10,13H2,1-2H3,(H,19,20). The van der Waals surface area contributed by atoms with Gasteiger partial charge in [-0.25, -0.2) is 0 Å². The maximum atomic E-state index is 12.1. The molecule has 2 rings (SSSR count). The van der Waals surface area contributed by atoms with Crippen LogP contribution >= 0.6 is 0 Å². The Morgan fingerprint density at radius 3 is 2.73 bits per heavy atom. The largest absolute Gasteiger partial charge is 0.492 e. The van der Waals surface area contributed by atoms with Gasteiger partial charge in [0, 0.05) is 12.7 Å². The van der Waals surface area contributed by atoms with Gasteiger partial charge in [-0.15, -0.1) is 0 Å². The van der Waals surface area contributed by atoms with E-state index in [1.165, 1.54) is 0 Å². The van der Waals surface area contributed by atoms with E-state index in [1.807, 2.05) is 49.4 Å². The second-order valence-electron chi connectivity index (χ2n) is 5.05. The highest BCUT2D eigenvalue weighted by Crippen LogP contribution is 2.11. The first-order valence-electron chi connectivity index (χ1n) is 7.24. The second kappa shape index (κ2) is 8.20. The van der Waals surface area contributed by atoms with Crippen LogP contribution < -0.4 is 10.1 Å². The fourth-order valence-corrected chi connectivity index (χ4v) is 2.11. The zero-order chi connectivity index (χ0) is 15.8. The van der Waals surface area contributed by atoms with Gasteiger partial charge in [0.05, 0.1) is 13.2 Å². The lowest BCUT2D eigenvalue weighted by Crippen LogP contribution is -2.28. The minimum atomic E-state index is -0.106. The molecule has 0 aliphatic carbocycles. The fourth-order valence-electron chi connectivity index (χ4n) is 2.11. The summed E-state index contributed by atoms with van der Waals surface area (Å²) in [4.78, 5) is 12.1. The molecule has 0 heterocycles. The molecule has 0 aromatic heterocycles. The topological polar surface area (TPSA) is 47.6 Å². The van der Waals surface area contributed by atoms with Gasteiger partial charge in [-0.2, -0.15) is 0 Å². The summed E-state index contributed by atoms with van der Waals surface area (Å²) < 4.78 is 10.7. The van der Waals surface area contributed by atoms with Gasteiger partial charge < -0.3 is 14.8 Å². The van der Waals surface area contributed by atoms with E-state index < -0.39 is 0 Å². The number of carbonyl (C=O) groups excluding carboxylic acids is 1. The van der Waals surface area contributed by atoms with Crippen molar-refractivity contribution < 1.29 is 14.3 Å². The molecule has 0 unspecified atom stereocenters. The number of methoxy groups -OCH3 is 1. The molecule has 1 amide bonds. The first-order chi connectivity index (χ1) is 10.7. The molecule has 2 aromatic carbocycles. The van der Waals surface area contributed by atoms with Crippen molar-refractivity contribution in [3.63, 3.8) is 0 Å². The SMILES string of the molecule is COCc1cccc(C(=O)NCCOc2cccc(C)c2)c1. The van der Waals surface area contributed by atoms with Crippen LogP contribution in [-0.4, -0.2) is 26.2 Å². The Bertz CT molecular complexity index is 625. The van der Waals surface area contributed by atoms with E-state index in [4.69, 9.17) is 9.47 Å². The van der Waals surface area contributed by atoms with Gasteiger partial charge in [-0.1, -0.05) is 24.3 Å². The Labute approximate surface area is 131 Å². The van der Waals surface area contributed by atoms with Crippen LogP contribution in [0.1, 0.15) is 21.5 Å². The summed E-state index contributed by atoms with van der Waals surface area (Å²) in [7, 11) is 1.63. The average molecular weight is 299 g/mol. The Hall–Kier alpha value is -2.33.